The number of H-pyrrole nitrogens is 3. The molecule has 5 heterocycles. The van der Waals surface area contributed by atoms with Gasteiger partial charge in [0.2, 0.25) is 0 Å². The van der Waals surface area contributed by atoms with E-state index in [1.807, 2.05) is 0 Å². The molecule has 4 heteroatoms. The van der Waals surface area contributed by atoms with Crippen LogP contribution in [0.15, 0.2) is 53.9 Å². The van der Waals surface area contributed by atoms with E-state index in [1.54, 1.807) is 0 Å². The standard InChI is InChI=1S/C22H22N4/c1-12-15-4-6-17(23-15)13(2)19-8-10-21(25-19)22-11-9-20(26-22)14(3)18-7-5-16(12)24-18/h4-6,8-11,23-26H,7H2,1-3H3. The summed E-state index contributed by atoms with van der Waals surface area (Å²) in [6.07, 6.45) is 3.20. The first-order chi connectivity index (χ1) is 12.6. The van der Waals surface area contributed by atoms with Crippen LogP contribution < -0.4 is 16.0 Å². The predicted molar refractivity (Wildman–Crippen MR) is 106 cm³/mol. The van der Waals surface area contributed by atoms with Gasteiger partial charge in [-0.15, -0.1) is 0 Å². The number of allylic oxidation sites excluding steroid dienone is 3. The van der Waals surface area contributed by atoms with Crippen LogP contribution in [0.4, 0.5) is 0 Å². The van der Waals surface area contributed by atoms with Gasteiger partial charge in [-0.25, -0.2) is 0 Å². The quantitative estimate of drug-likeness (QED) is 0.497. The molecule has 0 saturated heterocycles. The molecule has 0 aromatic carbocycles. The molecule has 0 unspecified atom stereocenters. The third-order valence-corrected chi connectivity index (χ3v) is 5.62. The van der Waals surface area contributed by atoms with Crippen molar-refractivity contribution in [1.29, 1.82) is 0 Å². The lowest BCUT2D eigenvalue weighted by Crippen LogP contribution is -2.18. The highest BCUT2D eigenvalue weighted by atomic mass is 14.9. The van der Waals surface area contributed by atoms with Gasteiger partial charge in [0.15, 0.2) is 0 Å². The molecule has 130 valence electrons. The summed E-state index contributed by atoms with van der Waals surface area (Å²) in [5.74, 6) is 0. The third-order valence-electron chi connectivity index (χ3n) is 5.62. The van der Waals surface area contributed by atoms with Crippen LogP contribution in [0.5, 0.6) is 0 Å². The molecule has 5 rings (SSSR count). The maximum Gasteiger partial charge on any atom is 0.0624 e. The monoisotopic (exact) mass is 342 g/mol. The normalized spacial score (nSPS) is 16.3. The van der Waals surface area contributed by atoms with E-state index in [1.165, 1.54) is 28.1 Å². The highest BCUT2D eigenvalue weighted by Gasteiger charge is 2.16. The number of aromatic amines is 3. The van der Waals surface area contributed by atoms with Gasteiger partial charge in [0.05, 0.1) is 11.4 Å². The van der Waals surface area contributed by atoms with Gasteiger partial charge in [-0.3, -0.25) is 0 Å². The Hall–Kier alpha value is -3.14. The molecular formula is C22H22N4. The summed E-state index contributed by atoms with van der Waals surface area (Å²) in [7, 11) is 0. The zero-order chi connectivity index (χ0) is 17.8. The van der Waals surface area contributed by atoms with E-state index in [0.717, 1.165) is 39.9 Å². The molecule has 26 heavy (non-hydrogen) atoms. The topological polar surface area (TPSA) is 59.4 Å². The minimum absolute atomic E-state index is 0.929. The highest BCUT2D eigenvalue weighted by Crippen LogP contribution is 2.28. The molecule has 2 aliphatic heterocycles. The van der Waals surface area contributed by atoms with E-state index in [-0.39, 0.29) is 0 Å². The van der Waals surface area contributed by atoms with Gasteiger partial charge in [0, 0.05) is 39.9 Å². The first-order valence-corrected chi connectivity index (χ1v) is 9.03. The number of hydrogen-bond donors (Lipinski definition) is 4. The van der Waals surface area contributed by atoms with Gasteiger partial charge in [0.1, 0.15) is 0 Å². The van der Waals surface area contributed by atoms with Crippen molar-refractivity contribution in [2.45, 2.75) is 27.2 Å². The van der Waals surface area contributed by atoms with E-state index in [2.05, 4.69) is 83.5 Å². The number of rotatable bonds is 0. The van der Waals surface area contributed by atoms with Crippen molar-refractivity contribution in [2.24, 2.45) is 0 Å². The summed E-state index contributed by atoms with van der Waals surface area (Å²) >= 11 is 0. The van der Waals surface area contributed by atoms with Crippen LogP contribution >= 0.6 is 0 Å². The Morgan fingerprint density at radius 1 is 0.615 bits per heavy atom. The molecule has 0 fully saturated rings. The lowest BCUT2D eigenvalue weighted by Gasteiger charge is -2.09. The number of aromatic nitrogens is 3. The molecule has 2 aliphatic rings. The molecule has 0 amide bonds. The minimum Gasteiger partial charge on any atom is -0.358 e. The molecule has 0 aliphatic carbocycles. The van der Waals surface area contributed by atoms with Crippen LogP contribution in [0, 0.1) is 0 Å². The third kappa shape index (κ3) is 2.22. The van der Waals surface area contributed by atoms with E-state index in [0.29, 0.717) is 0 Å². The van der Waals surface area contributed by atoms with E-state index >= 15 is 0 Å². The first kappa shape index (κ1) is 15.1. The fraction of sp³-hybridized carbons (Fsp3) is 0.182. The molecule has 3 aromatic rings. The SMILES string of the molecule is CC1=C2CC=C(N2)C(C)=c2ccc([nH]2)=C(C)c2ccc([nH]2)-c2ccc1[nH]2. The van der Waals surface area contributed by atoms with Crippen LogP contribution in [0.3, 0.4) is 0 Å². The van der Waals surface area contributed by atoms with Crippen molar-refractivity contribution < 1.29 is 0 Å². The maximum atomic E-state index is 3.62. The van der Waals surface area contributed by atoms with Crippen molar-refractivity contribution in [3.8, 4) is 11.4 Å². The van der Waals surface area contributed by atoms with Gasteiger partial charge in [-0.05, 0) is 73.9 Å². The second-order valence-corrected chi connectivity index (χ2v) is 7.16. The zero-order valence-corrected chi connectivity index (χ0v) is 15.2. The minimum atomic E-state index is 0.929. The van der Waals surface area contributed by atoms with Gasteiger partial charge in [-0.2, -0.15) is 0 Å². The summed E-state index contributed by atoms with van der Waals surface area (Å²) in [4.78, 5) is 10.7. The summed E-state index contributed by atoms with van der Waals surface area (Å²) in [6, 6.07) is 12.9. The fourth-order valence-corrected chi connectivity index (χ4v) is 3.79. The van der Waals surface area contributed by atoms with Crippen molar-refractivity contribution >= 4 is 16.7 Å². The Labute approximate surface area is 152 Å². The molecule has 0 saturated carbocycles. The van der Waals surface area contributed by atoms with Crippen molar-refractivity contribution in [3.63, 3.8) is 0 Å². The van der Waals surface area contributed by atoms with Crippen LogP contribution in [0.1, 0.15) is 38.6 Å². The van der Waals surface area contributed by atoms with Crippen LogP contribution in [0.25, 0.3) is 28.1 Å². The molecule has 4 N–H and O–H groups in total. The Kier molecular flexibility index (Phi) is 3.16. The van der Waals surface area contributed by atoms with Gasteiger partial charge in [-0.1, -0.05) is 6.08 Å². The molecule has 0 radical (unpaired) electrons. The van der Waals surface area contributed by atoms with Crippen molar-refractivity contribution in [3.05, 3.63) is 76.0 Å². The Balaban J connectivity index is 1.81. The number of fused-ring (bicyclic) bond motifs is 9. The van der Waals surface area contributed by atoms with E-state index < -0.39 is 0 Å². The largest absolute Gasteiger partial charge is 0.358 e. The van der Waals surface area contributed by atoms with E-state index in [4.69, 9.17) is 0 Å². The van der Waals surface area contributed by atoms with Crippen LogP contribution in [0.2, 0.25) is 0 Å². The Bertz CT molecular complexity index is 1210. The predicted octanol–water partition coefficient (Wildman–Crippen LogP) is 3.35. The Morgan fingerprint density at radius 3 is 1.88 bits per heavy atom. The van der Waals surface area contributed by atoms with Crippen LogP contribution in [-0.4, -0.2) is 15.0 Å². The second-order valence-electron chi connectivity index (χ2n) is 7.16. The summed E-state index contributed by atoms with van der Waals surface area (Å²) < 4.78 is 0. The first-order valence-electron chi connectivity index (χ1n) is 9.03. The number of nitrogens with one attached hydrogen (secondary N) is 4. The molecule has 0 atom stereocenters. The van der Waals surface area contributed by atoms with E-state index in [9.17, 15) is 0 Å². The average molecular weight is 342 g/mol. The summed E-state index contributed by atoms with van der Waals surface area (Å²) in [6.45, 7) is 6.49. The molecule has 3 aromatic heterocycles. The highest BCUT2D eigenvalue weighted by molar-refractivity contribution is 5.73. The molecule has 4 nitrogen and oxygen atoms in total. The zero-order valence-electron chi connectivity index (χ0n) is 15.2. The molecule has 0 spiro atoms. The molecular weight excluding hydrogens is 320 g/mol. The van der Waals surface area contributed by atoms with Crippen molar-refractivity contribution in [2.75, 3.05) is 0 Å². The maximum absolute atomic E-state index is 3.62. The number of hydrogen-bond acceptors (Lipinski definition) is 1. The second kappa shape index (κ2) is 5.43. The molecule has 8 bridgehead atoms. The van der Waals surface area contributed by atoms with Gasteiger partial charge in [0.25, 0.3) is 0 Å². The summed E-state index contributed by atoms with van der Waals surface area (Å²) in [5, 5.41) is 5.91. The van der Waals surface area contributed by atoms with Crippen molar-refractivity contribution in [1.82, 2.24) is 20.3 Å². The average Bonchev–Trinajstić information content (AvgIpc) is 3.45. The smallest absolute Gasteiger partial charge is 0.0624 e. The van der Waals surface area contributed by atoms with Crippen LogP contribution in [-0.2, 0) is 0 Å². The van der Waals surface area contributed by atoms with Gasteiger partial charge < -0.3 is 20.3 Å². The fourth-order valence-electron chi connectivity index (χ4n) is 3.79. The Morgan fingerprint density at radius 2 is 1.19 bits per heavy atom. The lowest BCUT2D eigenvalue weighted by molar-refractivity contribution is 1.03. The summed E-state index contributed by atoms with van der Waals surface area (Å²) in [5.41, 5.74) is 10.6. The van der Waals surface area contributed by atoms with Gasteiger partial charge >= 0.3 is 0 Å². The lowest BCUT2D eigenvalue weighted by atomic mass is 10.1.